The third-order valence-corrected chi connectivity index (χ3v) is 4.12. The molecule has 0 aromatic heterocycles. The van der Waals surface area contributed by atoms with Gasteiger partial charge in [-0.25, -0.2) is 0 Å². The Kier molecular flexibility index (Phi) is 4.22. The second-order valence-electron chi connectivity index (χ2n) is 5.60. The summed E-state index contributed by atoms with van der Waals surface area (Å²) in [5, 5.41) is 6.11. The molecule has 2 fully saturated rings. The zero-order chi connectivity index (χ0) is 13.1. The first-order valence-corrected chi connectivity index (χ1v) is 6.79. The predicted octanol–water partition coefficient (Wildman–Crippen LogP) is 0.112. The summed E-state index contributed by atoms with van der Waals surface area (Å²) >= 11 is 0. The SMILES string of the molecule is CNC(=O)CN(C)C(=O)CC1CC2CCC(C1)N2. The molecule has 0 aromatic rings. The topological polar surface area (TPSA) is 61.4 Å². The molecular weight excluding hydrogens is 230 g/mol. The van der Waals surface area contributed by atoms with Crippen molar-refractivity contribution in [1.82, 2.24) is 15.5 Å². The van der Waals surface area contributed by atoms with E-state index in [-0.39, 0.29) is 18.4 Å². The Morgan fingerprint density at radius 2 is 1.89 bits per heavy atom. The number of nitrogens with one attached hydrogen (secondary N) is 2. The second kappa shape index (κ2) is 5.69. The van der Waals surface area contributed by atoms with Crippen molar-refractivity contribution in [2.45, 2.75) is 44.2 Å². The predicted molar refractivity (Wildman–Crippen MR) is 69.0 cm³/mol. The summed E-state index contributed by atoms with van der Waals surface area (Å²) in [5.74, 6) is 0.463. The Morgan fingerprint density at radius 3 is 2.44 bits per heavy atom. The molecule has 0 radical (unpaired) electrons. The van der Waals surface area contributed by atoms with E-state index in [1.807, 2.05) is 0 Å². The summed E-state index contributed by atoms with van der Waals surface area (Å²) in [4.78, 5) is 24.8. The number of nitrogens with zero attached hydrogens (tertiary/aromatic N) is 1. The quantitative estimate of drug-likeness (QED) is 0.747. The molecule has 2 bridgehead atoms. The summed E-state index contributed by atoms with van der Waals surface area (Å²) in [5.41, 5.74) is 0. The van der Waals surface area contributed by atoms with E-state index in [0.717, 1.165) is 12.8 Å². The first kappa shape index (κ1) is 13.3. The molecule has 2 aliphatic heterocycles. The zero-order valence-corrected chi connectivity index (χ0v) is 11.2. The summed E-state index contributed by atoms with van der Waals surface area (Å²) in [6, 6.07) is 1.23. The first-order chi connectivity index (χ1) is 8.58. The highest BCUT2D eigenvalue weighted by Crippen LogP contribution is 2.32. The van der Waals surface area contributed by atoms with E-state index in [1.54, 1.807) is 14.1 Å². The molecule has 0 aromatic carbocycles. The maximum Gasteiger partial charge on any atom is 0.239 e. The van der Waals surface area contributed by atoms with Crippen molar-refractivity contribution in [2.24, 2.45) is 5.92 Å². The first-order valence-electron chi connectivity index (χ1n) is 6.79. The van der Waals surface area contributed by atoms with Gasteiger partial charge < -0.3 is 15.5 Å². The summed E-state index contributed by atoms with van der Waals surface area (Å²) in [7, 11) is 3.29. The molecule has 2 aliphatic rings. The van der Waals surface area contributed by atoms with Gasteiger partial charge in [-0.1, -0.05) is 0 Å². The van der Waals surface area contributed by atoms with E-state index in [1.165, 1.54) is 17.7 Å². The average molecular weight is 253 g/mol. The van der Waals surface area contributed by atoms with Crippen LogP contribution in [0.3, 0.4) is 0 Å². The minimum atomic E-state index is -0.115. The molecule has 5 nitrogen and oxygen atoms in total. The molecule has 102 valence electrons. The van der Waals surface area contributed by atoms with Crippen molar-refractivity contribution in [1.29, 1.82) is 0 Å². The van der Waals surface area contributed by atoms with Crippen LogP contribution in [0.4, 0.5) is 0 Å². The average Bonchev–Trinajstić information content (AvgIpc) is 2.68. The lowest BCUT2D eigenvalue weighted by atomic mass is 9.89. The minimum absolute atomic E-state index is 0.0879. The van der Waals surface area contributed by atoms with E-state index in [2.05, 4.69) is 10.6 Å². The summed E-state index contributed by atoms with van der Waals surface area (Å²) in [6.45, 7) is 0.160. The fraction of sp³-hybridized carbons (Fsp3) is 0.846. The van der Waals surface area contributed by atoms with Crippen molar-refractivity contribution < 1.29 is 9.59 Å². The molecule has 2 saturated heterocycles. The van der Waals surface area contributed by atoms with Gasteiger partial charge in [0, 0.05) is 32.6 Å². The van der Waals surface area contributed by atoms with Crippen LogP contribution in [0.5, 0.6) is 0 Å². The third kappa shape index (κ3) is 3.22. The number of carbonyl (C=O) groups excluding carboxylic acids is 2. The van der Waals surface area contributed by atoms with Crippen molar-refractivity contribution in [3.05, 3.63) is 0 Å². The largest absolute Gasteiger partial charge is 0.358 e. The van der Waals surface area contributed by atoms with Gasteiger partial charge in [-0.3, -0.25) is 9.59 Å². The number of likely N-dealkylation sites (N-methyl/N-ethyl adjacent to an activating group) is 2. The fourth-order valence-corrected chi connectivity index (χ4v) is 3.13. The maximum absolute atomic E-state index is 12.0. The molecule has 5 heteroatoms. The van der Waals surface area contributed by atoms with Crippen LogP contribution < -0.4 is 10.6 Å². The highest BCUT2D eigenvalue weighted by atomic mass is 16.2. The van der Waals surface area contributed by atoms with Gasteiger partial charge in [0.25, 0.3) is 0 Å². The van der Waals surface area contributed by atoms with Gasteiger partial charge in [0.2, 0.25) is 11.8 Å². The van der Waals surface area contributed by atoms with Gasteiger partial charge >= 0.3 is 0 Å². The molecule has 0 spiro atoms. The number of carbonyl (C=O) groups is 2. The Hall–Kier alpha value is -1.10. The van der Waals surface area contributed by atoms with Crippen molar-refractivity contribution in [2.75, 3.05) is 20.6 Å². The Labute approximate surface area is 108 Å². The highest BCUT2D eigenvalue weighted by Gasteiger charge is 2.34. The van der Waals surface area contributed by atoms with Gasteiger partial charge in [-0.15, -0.1) is 0 Å². The summed E-state index contributed by atoms with van der Waals surface area (Å²) in [6.07, 6.45) is 5.31. The lowest BCUT2D eigenvalue weighted by Crippen LogP contribution is -2.41. The molecular formula is C13H23N3O2. The number of amides is 2. The Morgan fingerprint density at radius 1 is 1.28 bits per heavy atom. The highest BCUT2D eigenvalue weighted by molar-refractivity contribution is 5.84. The minimum Gasteiger partial charge on any atom is -0.358 e. The molecule has 2 heterocycles. The van der Waals surface area contributed by atoms with Crippen LogP contribution >= 0.6 is 0 Å². The van der Waals surface area contributed by atoms with Crippen LogP contribution in [-0.2, 0) is 9.59 Å². The van der Waals surface area contributed by atoms with Gasteiger partial charge in [0.15, 0.2) is 0 Å². The molecule has 2 rings (SSSR count). The lowest BCUT2D eigenvalue weighted by Gasteiger charge is -2.29. The van der Waals surface area contributed by atoms with E-state index >= 15 is 0 Å². The number of fused-ring (bicyclic) bond motifs is 2. The van der Waals surface area contributed by atoms with E-state index in [4.69, 9.17) is 0 Å². The van der Waals surface area contributed by atoms with Crippen molar-refractivity contribution in [3.8, 4) is 0 Å². The van der Waals surface area contributed by atoms with Crippen LogP contribution in [0.2, 0.25) is 0 Å². The van der Waals surface area contributed by atoms with Crippen LogP contribution in [-0.4, -0.2) is 49.4 Å². The van der Waals surface area contributed by atoms with Gasteiger partial charge in [0.05, 0.1) is 6.54 Å². The van der Waals surface area contributed by atoms with Crippen molar-refractivity contribution in [3.63, 3.8) is 0 Å². The number of hydrogen-bond acceptors (Lipinski definition) is 3. The van der Waals surface area contributed by atoms with Crippen LogP contribution in [0.15, 0.2) is 0 Å². The van der Waals surface area contributed by atoms with Crippen molar-refractivity contribution >= 4 is 11.8 Å². The van der Waals surface area contributed by atoms with E-state index in [9.17, 15) is 9.59 Å². The zero-order valence-electron chi connectivity index (χ0n) is 11.2. The fourth-order valence-electron chi connectivity index (χ4n) is 3.13. The molecule has 2 atom stereocenters. The monoisotopic (exact) mass is 253 g/mol. The van der Waals surface area contributed by atoms with E-state index in [0.29, 0.717) is 24.4 Å². The van der Waals surface area contributed by atoms with Crippen LogP contribution in [0.1, 0.15) is 32.1 Å². The van der Waals surface area contributed by atoms with Gasteiger partial charge in [-0.2, -0.15) is 0 Å². The number of rotatable bonds is 4. The molecule has 18 heavy (non-hydrogen) atoms. The van der Waals surface area contributed by atoms with Crippen LogP contribution in [0.25, 0.3) is 0 Å². The van der Waals surface area contributed by atoms with Gasteiger partial charge in [0.1, 0.15) is 0 Å². The second-order valence-corrected chi connectivity index (χ2v) is 5.60. The van der Waals surface area contributed by atoms with Gasteiger partial charge in [-0.05, 0) is 31.6 Å². The number of hydrogen-bond donors (Lipinski definition) is 2. The molecule has 2 N–H and O–H groups in total. The number of piperidine rings is 1. The lowest BCUT2D eigenvalue weighted by molar-refractivity contribution is -0.135. The standard InChI is InChI=1S/C13H23N3O2/c1-14-12(17)8-16(2)13(18)7-9-5-10-3-4-11(6-9)15-10/h9-11,15H,3-8H2,1-2H3,(H,14,17). The smallest absolute Gasteiger partial charge is 0.239 e. The maximum atomic E-state index is 12.0. The molecule has 2 unspecified atom stereocenters. The van der Waals surface area contributed by atoms with E-state index < -0.39 is 0 Å². The molecule has 2 amide bonds. The Bertz CT molecular complexity index is 320. The summed E-state index contributed by atoms with van der Waals surface area (Å²) < 4.78 is 0. The van der Waals surface area contributed by atoms with Crippen LogP contribution in [0, 0.1) is 5.92 Å². The molecule has 0 aliphatic carbocycles. The third-order valence-electron chi connectivity index (χ3n) is 4.12. The molecule has 0 saturated carbocycles. The Balaban J connectivity index is 1.78. The normalized spacial score (nSPS) is 30.0.